The van der Waals surface area contributed by atoms with Gasteiger partial charge in [0, 0.05) is 23.1 Å². The number of ether oxygens (including phenoxy) is 3. The Morgan fingerprint density at radius 2 is 1.74 bits per heavy atom. The van der Waals surface area contributed by atoms with Crippen molar-refractivity contribution in [1.29, 1.82) is 0 Å². The van der Waals surface area contributed by atoms with E-state index in [1.807, 2.05) is 0 Å². The third kappa shape index (κ3) is 5.36. The molecule has 0 aliphatic rings. The molecule has 1 amide bonds. The van der Waals surface area contributed by atoms with Crippen molar-refractivity contribution in [2.45, 2.75) is 26.2 Å². The van der Waals surface area contributed by atoms with E-state index in [4.69, 9.17) is 14.2 Å². The molecule has 0 atom stereocenters. The summed E-state index contributed by atoms with van der Waals surface area (Å²) >= 11 is 0. The molecule has 7 nitrogen and oxygen atoms in total. The second-order valence-electron chi connectivity index (χ2n) is 7.11. The summed E-state index contributed by atoms with van der Waals surface area (Å²) < 4.78 is 16.3. The first kappa shape index (κ1) is 22.2. The van der Waals surface area contributed by atoms with Gasteiger partial charge in [0.1, 0.15) is 17.2 Å². The largest absolute Gasteiger partial charge is 0.496 e. The fourth-order valence-corrected chi connectivity index (χ4v) is 3.27. The van der Waals surface area contributed by atoms with Crippen molar-refractivity contribution >= 4 is 16.8 Å². The lowest BCUT2D eigenvalue weighted by atomic mass is 10.1. The van der Waals surface area contributed by atoms with Crippen LogP contribution < -0.4 is 25.1 Å². The molecule has 0 aliphatic carbocycles. The topological polar surface area (TPSA) is 89.7 Å². The van der Waals surface area contributed by atoms with Gasteiger partial charge >= 0.3 is 0 Å². The first-order valence-electron chi connectivity index (χ1n) is 10.3. The molecule has 0 saturated heterocycles. The Labute approximate surface area is 181 Å². The number of carbonyl (C=O) groups excluding carboxylic acids is 1. The van der Waals surface area contributed by atoms with E-state index in [2.05, 4.69) is 17.2 Å². The Kier molecular flexibility index (Phi) is 7.54. The van der Waals surface area contributed by atoms with Gasteiger partial charge in [-0.2, -0.15) is 0 Å². The Balaban J connectivity index is 1.65. The zero-order valence-electron chi connectivity index (χ0n) is 18.1. The summed E-state index contributed by atoms with van der Waals surface area (Å²) in [5, 5.41) is 3.61. The van der Waals surface area contributed by atoms with Crippen molar-refractivity contribution in [3.63, 3.8) is 0 Å². The normalized spacial score (nSPS) is 10.7. The van der Waals surface area contributed by atoms with E-state index in [0.29, 0.717) is 47.7 Å². The zero-order valence-corrected chi connectivity index (χ0v) is 18.1. The van der Waals surface area contributed by atoms with E-state index in [-0.39, 0.29) is 11.5 Å². The van der Waals surface area contributed by atoms with Crippen LogP contribution in [0.2, 0.25) is 0 Å². The van der Waals surface area contributed by atoms with E-state index in [1.165, 1.54) is 0 Å². The molecule has 3 rings (SSSR count). The molecule has 2 aromatic carbocycles. The number of hydrogen-bond donors (Lipinski definition) is 2. The Morgan fingerprint density at radius 3 is 2.42 bits per heavy atom. The van der Waals surface area contributed by atoms with Gasteiger partial charge in [0.05, 0.1) is 26.3 Å². The van der Waals surface area contributed by atoms with E-state index >= 15 is 0 Å². The number of amides is 1. The van der Waals surface area contributed by atoms with Crippen molar-refractivity contribution < 1.29 is 19.0 Å². The van der Waals surface area contributed by atoms with Crippen LogP contribution in [0.5, 0.6) is 17.2 Å². The van der Waals surface area contributed by atoms with Crippen molar-refractivity contribution in [2.24, 2.45) is 0 Å². The molecular weight excluding hydrogens is 396 g/mol. The molecule has 0 fully saturated rings. The van der Waals surface area contributed by atoms with Gasteiger partial charge in [-0.3, -0.25) is 9.59 Å². The van der Waals surface area contributed by atoms with E-state index < -0.39 is 0 Å². The molecule has 0 spiro atoms. The molecule has 2 N–H and O–H groups in total. The van der Waals surface area contributed by atoms with Crippen LogP contribution in [0.4, 0.5) is 0 Å². The maximum absolute atomic E-state index is 12.5. The Bertz CT molecular complexity index is 1090. The number of hydrogen-bond acceptors (Lipinski definition) is 5. The summed E-state index contributed by atoms with van der Waals surface area (Å²) in [5.74, 6) is 1.75. The van der Waals surface area contributed by atoms with Crippen LogP contribution in [0.1, 0.15) is 35.7 Å². The fraction of sp³-hybridized carbons (Fsp3) is 0.333. The van der Waals surface area contributed by atoms with Gasteiger partial charge in [0.15, 0.2) is 0 Å². The summed E-state index contributed by atoms with van der Waals surface area (Å²) in [6.45, 7) is 3.10. The highest BCUT2D eigenvalue weighted by Crippen LogP contribution is 2.31. The molecule has 164 valence electrons. The number of H-pyrrole nitrogens is 1. The first-order chi connectivity index (χ1) is 15.1. The zero-order chi connectivity index (χ0) is 22.2. The highest BCUT2D eigenvalue weighted by Gasteiger charge is 2.12. The lowest BCUT2D eigenvalue weighted by Gasteiger charge is -2.11. The summed E-state index contributed by atoms with van der Waals surface area (Å²) in [6, 6.07) is 12.4. The van der Waals surface area contributed by atoms with Crippen molar-refractivity contribution in [1.82, 2.24) is 10.3 Å². The number of rotatable bonds is 10. The number of unbranched alkanes of at least 4 members (excludes halogenated alkanes) is 1. The second kappa shape index (κ2) is 10.5. The molecule has 0 saturated carbocycles. The number of pyridine rings is 1. The highest BCUT2D eigenvalue weighted by molar-refractivity contribution is 5.94. The monoisotopic (exact) mass is 424 g/mol. The molecule has 7 heteroatoms. The van der Waals surface area contributed by atoms with Crippen molar-refractivity contribution in [3.05, 3.63) is 63.9 Å². The van der Waals surface area contributed by atoms with Crippen LogP contribution in [0.25, 0.3) is 10.9 Å². The van der Waals surface area contributed by atoms with Gasteiger partial charge in [0.25, 0.3) is 11.5 Å². The Morgan fingerprint density at radius 1 is 1.03 bits per heavy atom. The predicted octanol–water partition coefficient (Wildman–Crippen LogP) is 3.70. The molecular formula is C24H28N2O5. The van der Waals surface area contributed by atoms with E-state index in [1.54, 1.807) is 56.7 Å². The predicted molar refractivity (Wildman–Crippen MR) is 121 cm³/mol. The molecule has 0 radical (unpaired) electrons. The van der Waals surface area contributed by atoms with Crippen LogP contribution in [-0.2, 0) is 6.42 Å². The van der Waals surface area contributed by atoms with Gasteiger partial charge in [-0.1, -0.05) is 13.3 Å². The quantitative estimate of drug-likeness (QED) is 0.485. The summed E-state index contributed by atoms with van der Waals surface area (Å²) in [5.41, 5.74) is 1.46. The lowest BCUT2D eigenvalue weighted by Crippen LogP contribution is -2.27. The number of methoxy groups -OCH3 is 2. The summed E-state index contributed by atoms with van der Waals surface area (Å²) in [7, 11) is 3.12. The average Bonchev–Trinajstić information content (AvgIpc) is 2.79. The molecule has 31 heavy (non-hydrogen) atoms. The minimum Gasteiger partial charge on any atom is -0.496 e. The summed E-state index contributed by atoms with van der Waals surface area (Å²) in [6.07, 6.45) is 2.45. The number of aromatic nitrogens is 1. The maximum atomic E-state index is 12.5. The van der Waals surface area contributed by atoms with E-state index in [0.717, 1.165) is 24.0 Å². The molecule has 0 unspecified atom stereocenters. The standard InChI is InChI=1S/C24H28N2O5/c1-4-5-14-31-18-8-6-16(7-9-18)23(27)25-13-12-17-15-19-20(29-2)10-11-21(30-3)22(19)26-24(17)28/h6-11,15H,4-5,12-14H2,1-3H3,(H,25,27)(H,26,28). The number of fused-ring (bicyclic) bond motifs is 1. The SMILES string of the molecule is CCCCOc1ccc(C(=O)NCCc2cc3c(OC)ccc(OC)c3[nH]c2=O)cc1. The van der Waals surface area contributed by atoms with Crippen LogP contribution in [-0.4, -0.2) is 38.3 Å². The molecule has 0 aliphatic heterocycles. The highest BCUT2D eigenvalue weighted by atomic mass is 16.5. The number of aromatic amines is 1. The number of benzene rings is 2. The maximum Gasteiger partial charge on any atom is 0.251 e. The van der Waals surface area contributed by atoms with Crippen molar-refractivity contribution in [3.8, 4) is 17.2 Å². The first-order valence-corrected chi connectivity index (χ1v) is 10.3. The van der Waals surface area contributed by atoms with Gasteiger partial charge in [-0.25, -0.2) is 0 Å². The smallest absolute Gasteiger partial charge is 0.251 e. The van der Waals surface area contributed by atoms with Crippen LogP contribution in [0, 0.1) is 0 Å². The van der Waals surface area contributed by atoms with Gasteiger partial charge in [-0.05, 0) is 55.3 Å². The minimum absolute atomic E-state index is 0.198. The van der Waals surface area contributed by atoms with Crippen LogP contribution >= 0.6 is 0 Å². The number of carbonyl (C=O) groups is 1. The van der Waals surface area contributed by atoms with E-state index in [9.17, 15) is 9.59 Å². The average molecular weight is 424 g/mol. The van der Waals surface area contributed by atoms with Crippen molar-refractivity contribution in [2.75, 3.05) is 27.4 Å². The fourth-order valence-electron chi connectivity index (χ4n) is 3.27. The van der Waals surface area contributed by atoms with Gasteiger partial charge < -0.3 is 24.5 Å². The molecule has 0 bridgehead atoms. The molecule has 3 aromatic rings. The van der Waals surface area contributed by atoms with Gasteiger partial charge in [0.2, 0.25) is 0 Å². The number of nitrogens with one attached hydrogen (secondary N) is 2. The second-order valence-corrected chi connectivity index (χ2v) is 7.11. The third-order valence-corrected chi connectivity index (χ3v) is 5.02. The Hall–Kier alpha value is -3.48. The van der Waals surface area contributed by atoms with Gasteiger partial charge in [-0.15, -0.1) is 0 Å². The van der Waals surface area contributed by atoms with Crippen LogP contribution in [0.15, 0.2) is 47.3 Å². The minimum atomic E-state index is -0.220. The van der Waals surface area contributed by atoms with Crippen LogP contribution in [0.3, 0.4) is 0 Å². The molecule has 1 heterocycles. The lowest BCUT2D eigenvalue weighted by molar-refractivity contribution is 0.0954. The third-order valence-electron chi connectivity index (χ3n) is 5.02. The summed E-state index contributed by atoms with van der Waals surface area (Å²) in [4.78, 5) is 27.8. The molecule has 1 aromatic heterocycles.